The molecule has 1 aliphatic rings. The predicted molar refractivity (Wildman–Crippen MR) is 78.3 cm³/mol. The van der Waals surface area contributed by atoms with Gasteiger partial charge >= 0.3 is 0 Å². The van der Waals surface area contributed by atoms with E-state index in [-0.39, 0.29) is 0 Å². The molecule has 1 aliphatic carbocycles. The largest absolute Gasteiger partial charge is 0.367 e. The van der Waals surface area contributed by atoms with Gasteiger partial charge in [-0.2, -0.15) is 9.61 Å². The van der Waals surface area contributed by atoms with Gasteiger partial charge in [-0.05, 0) is 25.0 Å². The van der Waals surface area contributed by atoms with Crippen molar-refractivity contribution >= 4 is 17.8 Å². The third-order valence-corrected chi connectivity index (χ3v) is 3.51. The van der Waals surface area contributed by atoms with Crippen molar-refractivity contribution in [1.82, 2.24) is 19.6 Å². The van der Waals surface area contributed by atoms with Crippen LogP contribution in [0.15, 0.2) is 36.8 Å². The van der Waals surface area contributed by atoms with Crippen molar-refractivity contribution in [2.75, 3.05) is 5.32 Å². The summed E-state index contributed by atoms with van der Waals surface area (Å²) in [5.74, 6) is 0.856. The molecule has 4 rings (SSSR count). The zero-order chi connectivity index (χ0) is 14.2. The fourth-order valence-electron chi connectivity index (χ4n) is 2.26. The van der Waals surface area contributed by atoms with Crippen molar-refractivity contribution in [2.45, 2.75) is 18.9 Å². The van der Waals surface area contributed by atoms with Gasteiger partial charge in [0.2, 0.25) is 0 Å². The Balaban J connectivity index is 1.92. The van der Waals surface area contributed by atoms with E-state index in [1.54, 1.807) is 23.1 Å². The van der Waals surface area contributed by atoms with E-state index in [0.717, 1.165) is 36.2 Å². The minimum atomic E-state index is 0.486. The Bertz CT molecular complexity index is 808. The first kappa shape index (κ1) is 12.0. The Hall–Kier alpha value is -2.76. The van der Waals surface area contributed by atoms with E-state index in [1.165, 1.54) is 0 Å². The first-order chi connectivity index (χ1) is 10.3. The molecule has 21 heavy (non-hydrogen) atoms. The average Bonchev–Trinajstić information content (AvgIpc) is 3.24. The van der Waals surface area contributed by atoms with Crippen molar-refractivity contribution in [1.29, 1.82) is 0 Å². The van der Waals surface area contributed by atoms with E-state index < -0.39 is 0 Å². The van der Waals surface area contributed by atoms with Gasteiger partial charge in [-0.25, -0.2) is 4.98 Å². The summed E-state index contributed by atoms with van der Waals surface area (Å²) >= 11 is 0. The topological polar surface area (TPSA) is 72.2 Å². The number of hydrogen-bond acceptors (Lipinski definition) is 5. The van der Waals surface area contributed by atoms with Crippen LogP contribution < -0.4 is 5.32 Å². The molecule has 3 aromatic heterocycles. The lowest BCUT2D eigenvalue weighted by atomic mass is 10.2. The van der Waals surface area contributed by atoms with Crippen LogP contribution in [-0.4, -0.2) is 31.9 Å². The highest BCUT2D eigenvalue weighted by Gasteiger charge is 2.23. The number of hydrogen-bond donors (Lipinski definition) is 1. The molecule has 0 bridgehead atoms. The van der Waals surface area contributed by atoms with Crippen molar-refractivity contribution in [3.05, 3.63) is 42.4 Å². The van der Waals surface area contributed by atoms with E-state index in [2.05, 4.69) is 20.4 Å². The number of nitrogens with zero attached hydrogens (tertiary/aromatic N) is 4. The van der Waals surface area contributed by atoms with Crippen LogP contribution in [0.4, 0.5) is 5.82 Å². The second-order valence-corrected chi connectivity index (χ2v) is 5.14. The van der Waals surface area contributed by atoms with Crippen LogP contribution in [0.1, 0.15) is 23.2 Å². The van der Waals surface area contributed by atoms with Gasteiger partial charge in [0.05, 0.1) is 17.5 Å². The van der Waals surface area contributed by atoms with Gasteiger partial charge < -0.3 is 5.32 Å². The van der Waals surface area contributed by atoms with Gasteiger partial charge in [0.25, 0.3) is 0 Å². The van der Waals surface area contributed by atoms with Crippen LogP contribution in [0.2, 0.25) is 0 Å². The van der Waals surface area contributed by atoms with Gasteiger partial charge in [0, 0.05) is 30.1 Å². The Kier molecular flexibility index (Phi) is 2.67. The summed E-state index contributed by atoms with van der Waals surface area (Å²) < 4.78 is 1.68. The third kappa shape index (κ3) is 2.14. The van der Waals surface area contributed by atoms with E-state index >= 15 is 0 Å². The minimum Gasteiger partial charge on any atom is -0.367 e. The molecule has 0 aromatic carbocycles. The molecule has 1 saturated carbocycles. The molecule has 1 N–H and O–H groups in total. The fraction of sp³-hybridized carbons (Fsp3) is 0.200. The molecule has 104 valence electrons. The summed E-state index contributed by atoms with van der Waals surface area (Å²) in [6, 6.07) is 6.25. The number of nitrogens with one attached hydrogen (secondary N) is 1. The lowest BCUT2D eigenvalue weighted by Crippen LogP contribution is -2.08. The molecule has 0 amide bonds. The molecule has 0 atom stereocenters. The number of aldehydes is 1. The third-order valence-electron chi connectivity index (χ3n) is 3.51. The number of pyridine rings is 1. The number of anilines is 1. The average molecular weight is 279 g/mol. The number of rotatable bonds is 4. The minimum absolute atomic E-state index is 0.486. The van der Waals surface area contributed by atoms with Gasteiger partial charge in [-0.15, -0.1) is 0 Å². The van der Waals surface area contributed by atoms with Gasteiger partial charge in [-0.3, -0.25) is 9.78 Å². The van der Waals surface area contributed by atoms with Crippen molar-refractivity contribution in [3.63, 3.8) is 0 Å². The monoisotopic (exact) mass is 279 g/mol. The lowest BCUT2D eigenvalue weighted by Gasteiger charge is -2.09. The summed E-state index contributed by atoms with van der Waals surface area (Å²) in [4.78, 5) is 19.8. The maximum atomic E-state index is 11.1. The number of aromatic nitrogens is 4. The summed E-state index contributed by atoms with van der Waals surface area (Å²) in [7, 11) is 0. The molecule has 6 heteroatoms. The smallest absolute Gasteiger partial charge is 0.168 e. The maximum absolute atomic E-state index is 11.1. The Labute approximate surface area is 120 Å². The van der Waals surface area contributed by atoms with E-state index in [1.807, 2.05) is 18.2 Å². The summed E-state index contributed by atoms with van der Waals surface area (Å²) in [5, 5.41) is 7.68. The summed E-state index contributed by atoms with van der Waals surface area (Å²) in [5.41, 5.74) is 2.74. The first-order valence-corrected chi connectivity index (χ1v) is 6.86. The fourth-order valence-corrected chi connectivity index (χ4v) is 2.26. The zero-order valence-electron chi connectivity index (χ0n) is 11.2. The molecule has 3 heterocycles. The van der Waals surface area contributed by atoms with E-state index in [0.29, 0.717) is 17.3 Å². The quantitative estimate of drug-likeness (QED) is 0.741. The van der Waals surface area contributed by atoms with E-state index in [9.17, 15) is 4.79 Å². The zero-order valence-corrected chi connectivity index (χ0v) is 11.2. The highest BCUT2D eigenvalue weighted by atomic mass is 16.1. The van der Waals surface area contributed by atoms with Crippen molar-refractivity contribution < 1.29 is 4.79 Å². The van der Waals surface area contributed by atoms with Crippen molar-refractivity contribution in [3.8, 4) is 11.3 Å². The van der Waals surface area contributed by atoms with Crippen LogP contribution in [0.5, 0.6) is 0 Å². The first-order valence-electron chi connectivity index (χ1n) is 6.86. The van der Waals surface area contributed by atoms with Gasteiger partial charge in [0.15, 0.2) is 11.9 Å². The predicted octanol–water partition coefficient (Wildman–Crippen LogP) is 2.18. The molecular weight excluding hydrogens is 266 g/mol. The standard InChI is InChI=1S/C15H13N5O/c21-9-11-8-17-20-14(18-12-3-4-12)6-13(19-15(11)20)10-2-1-5-16-7-10/h1-2,5-9,12,18H,3-4H2. The second-order valence-electron chi connectivity index (χ2n) is 5.14. The summed E-state index contributed by atoms with van der Waals surface area (Å²) in [6.07, 6.45) is 8.13. The van der Waals surface area contributed by atoms with Crippen LogP contribution in [0.25, 0.3) is 16.9 Å². The molecule has 0 radical (unpaired) electrons. The Morgan fingerprint density at radius 1 is 1.33 bits per heavy atom. The number of carbonyl (C=O) groups excluding carboxylic acids is 1. The number of fused-ring (bicyclic) bond motifs is 1. The molecule has 0 unspecified atom stereocenters. The number of carbonyl (C=O) groups is 1. The highest BCUT2D eigenvalue weighted by molar-refractivity contribution is 5.85. The highest BCUT2D eigenvalue weighted by Crippen LogP contribution is 2.28. The van der Waals surface area contributed by atoms with E-state index in [4.69, 9.17) is 0 Å². The Morgan fingerprint density at radius 3 is 2.95 bits per heavy atom. The maximum Gasteiger partial charge on any atom is 0.168 e. The SMILES string of the molecule is O=Cc1cnn2c(NC3CC3)cc(-c3cccnc3)nc12. The van der Waals surface area contributed by atoms with Crippen LogP contribution in [-0.2, 0) is 0 Å². The molecule has 6 nitrogen and oxygen atoms in total. The van der Waals surface area contributed by atoms with Crippen LogP contribution in [0, 0.1) is 0 Å². The van der Waals surface area contributed by atoms with Gasteiger partial charge in [0.1, 0.15) is 5.82 Å². The Morgan fingerprint density at radius 2 is 2.24 bits per heavy atom. The summed E-state index contributed by atoms with van der Waals surface area (Å²) in [6.45, 7) is 0. The normalized spacial score (nSPS) is 14.3. The van der Waals surface area contributed by atoms with Crippen LogP contribution >= 0.6 is 0 Å². The molecule has 1 fully saturated rings. The molecule has 0 saturated heterocycles. The van der Waals surface area contributed by atoms with Gasteiger partial charge in [-0.1, -0.05) is 0 Å². The van der Waals surface area contributed by atoms with Crippen LogP contribution in [0.3, 0.4) is 0 Å². The molecular formula is C15H13N5O. The van der Waals surface area contributed by atoms with Crippen molar-refractivity contribution in [2.24, 2.45) is 0 Å². The lowest BCUT2D eigenvalue weighted by molar-refractivity contribution is 0.112. The second kappa shape index (κ2) is 4.66. The molecule has 0 spiro atoms. The molecule has 3 aromatic rings. The molecule has 0 aliphatic heterocycles.